The van der Waals surface area contributed by atoms with E-state index in [-0.39, 0.29) is 0 Å². The molecule has 5 heteroatoms. The lowest BCUT2D eigenvalue weighted by molar-refractivity contribution is 1.18. The molecule has 0 amide bonds. The lowest BCUT2D eigenvalue weighted by Crippen LogP contribution is -2.02. The Kier molecular flexibility index (Phi) is 4.50. The van der Waals surface area contributed by atoms with E-state index < -0.39 is 0 Å². The van der Waals surface area contributed by atoms with E-state index in [0.29, 0.717) is 5.82 Å². The summed E-state index contributed by atoms with van der Waals surface area (Å²) in [5.41, 5.74) is 6.35. The molecule has 1 N–H and O–H groups in total. The predicted octanol–water partition coefficient (Wildman–Crippen LogP) is 6.35. The van der Waals surface area contributed by atoms with Crippen molar-refractivity contribution >= 4 is 43.9 Å². The Balaban J connectivity index is 1.51. The topological polar surface area (TPSA) is 50.2 Å². The van der Waals surface area contributed by atoms with Crippen molar-refractivity contribution in [2.24, 2.45) is 5.10 Å². The predicted molar refractivity (Wildman–Crippen MR) is 123 cm³/mol. The van der Waals surface area contributed by atoms with Crippen LogP contribution in [0.5, 0.6) is 0 Å². The zero-order chi connectivity index (χ0) is 19.6. The molecule has 140 valence electrons. The highest BCUT2D eigenvalue weighted by atomic mass is 32.1. The lowest BCUT2D eigenvalue weighted by Gasteiger charge is -2.07. The fourth-order valence-corrected chi connectivity index (χ4v) is 4.43. The van der Waals surface area contributed by atoms with Gasteiger partial charge in [0.15, 0.2) is 5.82 Å². The highest BCUT2D eigenvalue weighted by Gasteiger charge is 2.10. The second-order valence-electron chi connectivity index (χ2n) is 6.75. The van der Waals surface area contributed by atoms with Crippen molar-refractivity contribution in [2.75, 3.05) is 5.43 Å². The van der Waals surface area contributed by atoms with Crippen molar-refractivity contribution in [1.82, 2.24) is 9.97 Å². The van der Waals surface area contributed by atoms with Gasteiger partial charge in [-0.05, 0) is 29.3 Å². The van der Waals surface area contributed by atoms with E-state index in [4.69, 9.17) is 0 Å². The number of hydrogen-bond acceptors (Lipinski definition) is 5. The second kappa shape index (κ2) is 7.45. The number of hydrazone groups is 1. The number of benzene rings is 3. The van der Waals surface area contributed by atoms with E-state index in [1.165, 1.54) is 21.2 Å². The molecule has 5 aromatic rings. The maximum atomic E-state index is 4.63. The van der Waals surface area contributed by atoms with Gasteiger partial charge < -0.3 is 0 Å². The highest BCUT2D eigenvalue weighted by Crippen LogP contribution is 2.34. The van der Waals surface area contributed by atoms with Crippen LogP contribution in [0.15, 0.2) is 90.3 Å². The zero-order valence-electron chi connectivity index (χ0n) is 15.8. The van der Waals surface area contributed by atoms with Crippen LogP contribution < -0.4 is 5.43 Å². The van der Waals surface area contributed by atoms with Gasteiger partial charge in [-0.25, -0.2) is 9.97 Å². The quantitative estimate of drug-likeness (QED) is 0.285. The summed E-state index contributed by atoms with van der Waals surface area (Å²) in [5, 5.41) is 8.00. The molecule has 0 radical (unpaired) electrons. The Morgan fingerprint density at radius 3 is 2.55 bits per heavy atom. The fraction of sp³-hybridized carbons (Fsp3) is 0.0417. The van der Waals surface area contributed by atoms with E-state index in [2.05, 4.69) is 81.2 Å². The molecule has 2 aromatic heterocycles. The molecule has 0 saturated carbocycles. The normalized spacial score (nSPS) is 11.8. The Morgan fingerprint density at radius 2 is 1.66 bits per heavy atom. The van der Waals surface area contributed by atoms with Gasteiger partial charge in [-0.3, -0.25) is 5.43 Å². The first kappa shape index (κ1) is 17.5. The Hall–Kier alpha value is -3.57. The number of nitrogens with one attached hydrogen (secondary N) is 1. The smallest absolute Gasteiger partial charge is 0.158 e. The molecular formula is C24H18N4S. The number of anilines is 1. The number of hydrogen-bond donors (Lipinski definition) is 1. The molecule has 0 spiro atoms. The van der Waals surface area contributed by atoms with Gasteiger partial charge in [-0.1, -0.05) is 72.8 Å². The Labute approximate surface area is 172 Å². The third-order valence-electron chi connectivity index (χ3n) is 4.90. The standard InChI is InChI=1S/C24H18N4S/c1-16(19-13-7-11-17-8-5-6-12-20(17)19)27-28-23-21-14-22(18-9-3-2-4-10-18)29-24(21)26-15-25-23/h2-15H,1H3,(H,25,26,28). The number of nitrogens with zero attached hydrogens (tertiary/aromatic N) is 3. The molecular weight excluding hydrogens is 376 g/mol. The summed E-state index contributed by atoms with van der Waals surface area (Å²) in [6, 6.07) is 27.1. The van der Waals surface area contributed by atoms with Gasteiger partial charge in [0, 0.05) is 10.4 Å². The van der Waals surface area contributed by atoms with E-state index in [1.54, 1.807) is 17.7 Å². The first-order valence-electron chi connectivity index (χ1n) is 9.38. The van der Waals surface area contributed by atoms with Gasteiger partial charge in [-0.2, -0.15) is 5.10 Å². The molecule has 0 atom stereocenters. The summed E-state index contributed by atoms with van der Waals surface area (Å²) < 4.78 is 0. The Bertz CT molecular complexity index is 1330. The molecule has 0 aliphatic rings. The van der Waals surface area contributed by atoms with Gasteiger partial charge in [0.1, 0.15) is 11.2 Å². The second-order valence-corrected chi connectivity index (χ2v) is 7.78. The van der Waals surface area contributed by atoms with Gasteiger partial charge in [0.05, 0.1) is 11.1 Å². The number of thiophene rings is 1. The molecule has 0 saturated heterocycles. The highest BCUT2D eigenvalue weighted by molar-refractivity contribution is 7.21. The van der Waals surface area contributed by atoms with Gasteiger partial charge in [-0.15, -0.1) is 11.3 Å². The molecule has 0 unspecified atom stereocenters. The minimum atomic E-state index is 0.716. The van der Waals surface area contributed by atoms with E-state index in [1.807, 2.05) is 25.1 Å². The van der Waals surface area contributed by atoms with Gasteiger partial charge >= 0.3 is 0 Å². The van der Waals surface area contributed by atoms with Gasteiger partial charge in [0.25, 0.3) is 0 Å². The summed E-state index contributed by atoms with van der Waals surface area (Å²) in [5.74, 6) is 0.716. The van der Waals surface area contributed by atoms with Crippen LogP contribution in [0.3, 0.4) is 0 Å². The largest absolute Gasteiger partial charge is 0.260 e. The van der Waals surface area contributed by atoms with Crippen LogP contribution in [0.25, 0.3) is 31.4 Å². The van der Waals surface area contributed by atoms with E-state index in [9.17, 15) is 0 Å². The van der Waals surface area contributed by atoms with Crippen molar-refractivity contribution in [3.05, 3.63) is 90.8 Å². The van der Waals surface area contributed by atoms with Crippen LogP contribution in [-0.2, 0) is 0 Å². The van der Waals surface area contributed by atoms with Crippen molar-refractivity contribution in [1.29, 1.82) is 0 Å². The van der Waals surface area contributed by atoms with Crippen molar-refractivity contribution in [3.8, 4) is 10.4 Å². The monoisotopic (exact) mass is 394 g/mol. The first-order valence-corrected chi connectivity index (χ1v) is 10.2. The van der Waals surface area contributed by atoms with Crippen LogP contribution in [0, 0.1) is 0 Å². The minimum Gasteiger partial charge on any atom is -0.260 e. The molecule has 0 fully saturated rings. The fourth-order valence-electron chi connectivity index (χ4n) is 3.43. The van der Waals surface area contributed by atoms with Crippen LogP contribution in [-0.4, -0.2) is 15.7 Å². The first-order chi connectivity index (χ1) is 14.3. The van der Waals surface area contributed by atoms with Crippen molar-refractivity contribution in [2.45, 2.75) is 6.92 Å². The molecule has 4 nitrogen and oxygen atoms in total. The maximum absolute atomic E-state index is 4.63. The summed E-state index contributed by atoms with van der Waals surface area (Å²) in [4.78, 5) is 11.0. The third kappa shape index (κ3) is 3.37. The SMILES string of the molecule is CC(=NNc1ncnc2sc(-c3ccccc3)cc12)c1cccc2ccccc12. The molecule has 5 rings (SSSR count). The molecule has 0 aliphatic carbocycles. The van der Waals surface area contributed by atoms with E-state index >= 15 is 0 Å². The summed E-state index contributed by atoms with van der Waals surface area (Å²) in [7, 11) is 0. The van der Waals surface area contributed by atoms with Crippen molar-refractivity contribution < 1.29 is 0 Å². The minimum absolute atomic E-state index is 0.716. The van der Waals surface area contributed by atoms with Crippen LogP contribution in [0.4, 0.5) is 5.82 Å². The molecule has 0 bridgehead atoms. The maximum Gasteiger partial charge on any atom is 0.158 e. The average Bonchev–Trinajstić information content (AvgIpc) is 3.23. The lowest BCUT2D eigenvalue weighted by atomic mass is 10.0. The molecule has 2 heterocycles. The summed E-state index contributed by atoms with van der Waals surface area (Å²) in [6.45, 7) is 2.01. The molecule has 3 aromatic carbocycles. The number of aromatic nitrogens is 2. The zero-order valence-corrected chi connectivity index (χ0v) is 16.6. The van der Waals surface area contributed by atoms with E-state index in [0.717, 1.165) is 21.5 Å². The number of rotatable bonds is 4. The summed E-state index contributed by atoms with van der Waals surface area (Å²) >= 11 is 1.66. The Morgan fingerprint density at radius 1 is 0.862 bits per heavy atom. The molecule has 0 aliphatic heterocycles. The van der Waals surface area contributed by atoms with Crippen LogP contribution in [0.1, 0.15) is 12.5 Å². The van der Waals surface area contributed by atoms with Crippen LogP contribution >= 0.6 is 11.3 Å². The number of fused-ring (bicyclic) bond motifs is 2. The van der Waals surface area contributed by atoms with Crippen LogP contribution in [0.2, 0.25) is 0 Å². The van der Waals surface area contributed by atoms with Crippen molar-refractivity contribution in [3.63, 3.8) is 0 Å². The molecule has 29 heavy (non-hydrogen) atoms. The summed E-state index contributed by atoms with van der Waals surface area (Å²) in [6.07, 6.45) is 1.58. The van der Waals surface area contributed by atoms with Gasteiger partial charge in [0.2, 0.25) is 0 Å². The average molecular weight is 395 g/mol. The third-order valence-corrected chi connectivity index (χ3v) is 5.99.